The number of ether oxygens (including phenoxy) is 1. The first kappa shape index (κ1) is 9.04. The summed E-state index contributed by atoms with van der Waals surface area (Å²) in [5.74, 6) is -0.205. The lowest BCUT2D eigenvalue weighted by atomic mass is 10.1. The summed E-state index contributed by atoms with van der Waals surface area (Å²) in [6.07, 6.45) is 9.53. The summed E-state index contributed by atoms with van der Waals surface area (Å²) >= 11 is 0. The highest BCUT2D eigenvalue weighted by Crippen LogP contribution is 2.12. The summed E-state index contributed by atoms with van der Waals surface area (Å²) in [6.45, 7) is 1.90. The minimum atomic E-state index is -0.205. The Balaban J connectivity index is 2.35. The van der Waals surface area contributed by atoms with Crippen LogP contribution in [0.15, 0.2) is 23.8 Å². The fourth-order valence-electron chi connectivity index (χ4n) is 1.15. The van der Waals surface area contributed by atoms with Gasteiger partial charge in [-0.15, -0.1) is 0 Å². The molecule has 2 nitrogen and oxygen atoms in total. The summed E-state index contributed by atoms with van der Waals surface area (Å²) in [5.41, 5.74) is 1.21. The van der Waals surface area contributed by atoms with Crippen molar-refractivity contribution in [3.63, 3.8) is 0 Å². The topological polar surface area (TPSA) is 26.3 Å². The molecule has 0 atom stereocenters. The van der Waals surface area contributed by atoms with Crippen molar-refractivity contribution < 1.29 is 9.53 Å². The van der Waals surface area contributed by atoms with Gasteiger partial charge in [0.2, 0.25) is 0 Å². The monoisotopic (exact) mass is 166 g/mol. The first-order valence-electron chi connectivity index (χ1n) is 4.27. The number of carbonyl (C=O) groups excluding carboxylic acids is 1. The van der Waals surface area contributed by atoms with Gasteiger partial charge in [0.1, 0.15) is 6.61 Å². The maximum Gasteiger partial charge on any atom is 0.302 e. The second-order valence-electron chi connectivity index (χ2n) is 2.93. The van der Waals surface area contributed by atoms with Crippen LogP contribution < -0.4 is 0 Å². The first-order valence-corrected chi connectivity index (χ1v) is 4.27. The Labute approximate surface area is 72.9 Å². The van der Waals surface area contributed by atoms with E-state index in [0.29, 0.717) is 6.61 Å². The molecule has 0 bridgehead atoms. The van der Waals surface area contributed by atoms with E-state index < -0.39 is 0 Å². The van der Waals surface area contributed by atoms with E-state index in [1.807, 2.05) is 12.2 Å². The molecule has 0 aromatic heterocycles. The van der Waals surface area contributed by atoms with Gasteiger partial charge in [-0.3, -0.25) is 4.79 Å². The Morgan fingerprint density at radius 3 is 3.25 bits per heavy atom. The molecule has 0 heterocycles. The highest BCUT2D eigenvalue weighted by Gasteiger charge is 2.00. The molecule has 0 fully saturated rings. The molecule has 0 aromatic rings. The third-order valence-electron chi connectivity index (χ3n) is 1.80. The van der Waals surface area contributed by atoms with E-state index in [4.69, 9.17) is 4.74 Å². The zero-order chi connectivity index (χ0) is 8.81. The van der Waals surface area contributed by atoms with Crippen LogP contribution in [0, 0.1) is 0 Å². The lowest BCUT2D eigenvalue weighted by Crippen LogP contribution is -2.02. The molecule has 0 saturated carbocycles. The summed E-state index contributed by atoms with van der Waals surface area (Å²) in [5, 5.41) is 0. The maximum absolute atomic E-state index is 10.5. The van der Waals surface area contributed by atoms with Crippen molar-refractivity contribution in [1.82, 2.24) is 0 Å². The zero-order valence-electron chi connectivity index (χ0n) is 7.38. The Morgan fingerprint density at radius 1 is 1.67 bits per heavy atom. The minimum Gasteiger partial charge on any atom is -0.461 e. The summed E-state index contributed by atoms with van der Waals surface area (Å²) in [6, 6.07) is 0. The lowest BCUT2D eigenvalue weighted by Gasteiger charge is -2.04. The van der Waals surface area contributed by atoms with Gasteiger partial charge in [-0.1, -0.05) is 18.2 Å². The van der Waals surface area contributed by atoms with E-state index >= 15 is 0 Å². The summed E-state index contributed by atoms with van der Waals surface area (Å²) in [4.78, 5) is 10.5. The molecule has 0 amide bonds. The fourth-order valence-corrected chi connectivity index (χ4v) is 1.15. The molecule has 0 spiro atoms. The van der Waals surface area contributed by atoms with E-state index in [1.54, 1.807) is 0 Å². The van der Waals surface area contributed by atoms with Gasteiger partial charge in [-0.25, -0.2) is 0 Å². The van der Waals surface area contributed by atoms with Crippen molar-refractivity contribution in [3.8, 4) is 0 Å². The van der Waals surface area contributed by atoms with Crippen LogP contribution in [-0.4, -0.2) is 12.6 Å². The van der Waals surface area contributed by atoms with Gasteiger partial charge in [0.25, 0.3) is 0 Å². The SMILES string of the molecule is CC(=O)OCC1=CC=CCCC1. The average molecular weight is 166 g/mol. The number of esters is 1. The van der Waals surface area contributed by atoms with Crippen LogP contribution >= 0.6 is 0 Å². The average Bonchev–Trinajstić information content (AvgIpc) is 2.28. The maximum atomic E-state index is 10.5. The molecule has 66 valence electrons. The van der Waals surface area contributed by atoms with Gasteiger partial charge in [0, 0.05) is 6.92 Å². The van der Waals surface area contributed by atoms with Crippen LogP contribution in [0.1, 0.15) is 26.2 Å². The predicted molar refractivity (Wildman–Crippen MR) is 47.7 cm³/mol. The molecular weight excluding hydrogens is 152 g/mol. The molecule has 12 heavy (non-hydrogen) atoms. The van der Waals surface area contributed by atoms with E-state index in [-0.39, 0.29) is 5.97 Å². The van der Waals surface area contributed by atoms with Crippen molar-refractivity contribution in [1.29, 1.82) is 0 Å². The van der Waals surface area contributed by atoms with E-state index in [9.17, 15) is 4.79 Å². The second-order valence-corrected chi connectivity index (χ2v) is 2.93. The Kier molecular flexibility index (Phi) is 3.58. The van der Waals surface area contributed by atoms with Gasteiger partial charge >= 0.3 is 5.97 Å². The van der Waals surface area contributed by atoms with Gasteiger partial charge in [-0.05, 0) is 24.8 Å². The van der Waals surface area contributed by atoms with Crippen LogP contribution in [0.3, 0.4) is 0 Å². The van der Waals surface area contributed by atoms with Crippen LogP contribution in [0.5, 0.6) is 0 Å². The standard InChI is InChI=1S/C10H14O2/c1-9(11)12-8-10-6-4-2-3-5-7-10/h2,4,6H,3,5,7-8H2,1H3. The molecule has 1 rings (SSSR count). The smallest absolute Gasteiger partial charge is 0.302 e. The molecule has 0 N–H and O–H groups in total. The third-order valence-corrected chi connectivity index (χ3v) is 1.80. The lowest BCUT2D eigenvalue weighted by molar-refractivity contribution is -0.140. The van der Waals surface area contributed by atoms with Crippen molar-refractivity contribution in [3.05, 3.63) is 23.8 Å². The molecule has 2 heteroatoms. The van der Waals surface area contributed by atoms with Crippen molar-refractivity contribution >= 4 is 5.97 Å². The summed E-state index contributed by atoms with van der Waals surface area (Å²) < 4.78 is 4.90. The Bertz CT molecular complexity index is 214. The van der Waals surface area contributed by atoms with Crippen molar-refractivity contribution in [2.45, 2.75) is 26.2 Å². The highest BCUT2D eigenvalue weighted by atomic mass is 16.5. The fraction of sp³-hybridized carbons (Fsp3) is 0.500. The quantitative estimate of drug-likeness (QED) is 0.588. The normalized spacial score (nSPS) is 16.6. The first-order chi connectivity index (χ1) is 5.79. The zero-order valence-corrected chi connectivity index (χ0v) is 7.38. The number of carbonyl (C=O) groups is 1. The molecule has 0 unspecified atom stereocenters. The molecule has 0 saturated heterocycles. The van der Waals surface area contributed by atoms with Crippen LogP contribution in [0.2, 0.25) is 0 Å². The largest absolute Gasteiger partial charge is 0.461 e. The van der Waals surface area contributed by atoms with Gasteiger partial charge in [-0.2, -0.15) is 0 Å². The molecule has 0 aliphatic heterocycles. The number of hydrogen-bond acceptors (Lipinski definition) is 2. The Hall–Kier alpha value is -1.05. The van der Waals surface area contributed by atoms with Crippen LogP contribution in [0.4, 0.5) is 0 Å². The van der Waals surface area contributed by atoms with E-state index in [2.05, 4.69) is 6.08 Å². The molecular formula is C10H14O2. The second kappa shape index (κ2) is 4.75. The van der Waals surface area contributed by atoms with E-state index in [1.165, 1.54) is 12.5 Å². The predicted octanol–water partition coefficient (Wildman–Crippen LogP) is 2.22. The van der Waals surface area contributed by atoms with Gasteiger partial charge in [0.15, 0.2) is 0 Å². The van der Waals surface area contributed by atoms with Crippen LogP contribution in [-0.2, 0) is 9.53 Å². The van der Waals surface area contributed by atoms with Crippen molar-refractivity contribution in [2.24, 2.45) is 0 Å². The molecule has 0 aromatic carbocycles. The molecule has 1 aliphatic rings. The number of allylic oxidation sites excluding steroid dienone is 3. The third kappa shape index (κ3) is 3.37. The van der Waals surface area contributed by atoms with E-state index in [0.717, 1.165) is 19.3 Å². The molecule has 0 radical (unpaired) electrons. The Morgan fingerprint density at radius 2 is 2.50 bits per heavy atom. The number of hydrogen-bond donors (Lipinski definition) is 0. The van der Waals surface area contributed by atoms with Gasteiger partial charge < -0.3 is 4.74 Å². The molecule has 1 aliphatic carbocycles. The van der Waals surface area contributed by atoms with Gasteiger partial charge in [0.05, 0.1) is 0 Å². The van der Waals surface area contributed by atoms with Crippen molar-refractivity contribution in [2.75, 3.05) is 6.61 Å². The highest BCUT2D eigenvalue weighted by molar-refractivity contribution is 5.66. The minimum absolute atomic E-state index is 0.205. The summed E-state index contributed by atoms with van der Waals surface area (Å²) in [7, 11) is 0. The number of rotatable bonds is 2. The van der Waals surface area contributed by atoms with Crippen LogP contribution in [0.25, 0.3) is 0 Å².